The molecular formula is C16H23NO3. The Labute approximate surface area is 120 Å². The molecule has 2 N–H and O–H groups in total. The number of aliphatic hydroxyl groups excluding tert-OH is 1. The van der Waals surface area contributed by atoms with E-state index in [9.17, 15) is 4.79 Å². The molecule has 0 radical (unpaired) electrons. The fraction of sp³-hybridized carbons (Fsp3) is 0.562. The zero-order chi connectivity index (χ0) is 14.6. The van der Waals surface area contributed by atoms with E-state index < -0.39 is 0 Å². The lowest BCUT2D eigenvalue weighted by atomic mass is 10.0. The maximum Gasteiger partial charge on any atom is 0.251 e. The monoisotopic (exact) mass is 277 g/mol. The zero-order valence-corrected chi connectivity index (χ0v) is 12.2. The highest BCUT2D eigenvalue weighted by Crippen LogP contribution is 2.47. The molecule has 4 nitrogen and oxygen atoms in total. The van der Waals surface area contributed by atoms with Gasteiger partial charge in [-0.1, -0.05) is 6.07 Å². The number of rotatable bonds is 7. The van der Waals surface area contributed by atoms with Crippen molar-refractivity contribution in [1.82, 2.24) is 5.32 Å². The van der Waals surface area contributed by atoms with Crippen molar-refractivity contribution in [3.05, 3.63) is 29.8 Å². The number of benzene rings is 1. The van der Waals surface area contributed by atoms with Gasteiger partial charge in [0, 0.05) is 18.7 Å². The number of hydrogen-bond acceptors (Lipinski definition) is 3. The van der Waals surface area contributed by atoms with E-state index in [0.29, 0.717) is 17.9 Å². The highest BCUT2D eigenvalue weighted by Gasteiger charge is 2.41. The van der Waals surface area contributed by atoms with Crippen molar-refractivity contribution in [2.45, 2.75) is 39.2 Å². The molecule has 0 atom stereocenters. The number of hydrogen-bond donors (Lipinski definition) is 2. The lowest BCUT2D eigenvalue weighted by molar-refractivity contribution is 0.0940. The predicted octanol–water partition coefficient (Wildman–Crippen LogP) is 2.37. The third-order valence-electron chi connectivity index (χ3n) is 3.69. The average Bonchev–Trinajstić information content (AvgIpc) is 3.16. The summed E-state index contributed by atoms with van der Waals surface area (Å²) in [6.07, 6.45) is 3.03. The first-order chi connectivity index (χ1) is 9.54. The molecule has 1 amide bonds. The number of nitrogens with one attached hydrogen (secondary N) is 1. The fourth-order valence-electron chi connectivity index (χ4n) is 2.28. The Hall–Kier alpha value is -1.55. The Morgan fingerprint density at radius 1 is 1.45 bits per heavy atom. The van der Waals surface area contributed by atoms with Crippen molar-refractivity contribution in [2.24, 2.45) is 5.41 Å². The average molecular weight is 277 g/mol. The third-order valence-corrected chi connectivity index (χ3v) is 3.69. The molecule has 0 spiro atoms. The first kappa shape index (κ1) is 14.9. The number of carbonyl (C=O) groups is 1. The summed E-state index contributed by atoms with van der Waals surface area (Å²) in [7, 11) is 0. The summed E-state index contributed by atoms with van der Waals surface area (Å²) in [5.41, 5.74) is 0.749. The molecule has 0 aliphatic heterocycles. The number of aliphatic hydroxyl groups is 1. The van der Waals surface area contributed by atoms with Crippen molar-refractivity contribution < 1.29 is 14.6 Å². The van der Waals surface area contributed by atoms with Gasteiger partial charge in [-0.05, 0) is 56.7 Å². The quantitative estimate of drug-likeness (QED) is 0.804. The van der Waals surface area contributed by atoms with Crippen molar-refractivity contribution in [2.75, 3.05) is 13.2 Å². The molecule has 0 saturated heterocycles. The highest BCUT2D eigenvalue weighted by atomic mass is 16.5. The molecule has 0 unspecified atom stereocenters. The minimum atomic E-state index is -0.0802. The molecule has 1 aromatic rings. The fourth-order valence-corrected chi connectivity index (χ4v) is 2.28. The normalized spacial score (nSPS) is 16.0. The maximum absolute atomic E-state index is 12.1. The first-order valence-electron chi connectivity index (χ1n) is 7.20. The Balaban J connectivity index is 1.92. The van der Waals surface area contributed by atoms with Crippen LogP contribution >= 0.6 is 0 Å². The van der Waals surface area contributed by atoms with Gasteiger partial charge in [0.1, 0.15) is 5.75 Å². The predicted molar refractivity (Wildman–Crippen MR) is 77.9 cm³/mol. The van der Waals surface area contributed by atoms with Crippen molar-refractivity contribution >= 4 is 5.91 Å². The molecule has 2 rings (SSSR count). The van der Waals surface area contributed by atoms with Gasteiger partial charge in [-0.3, -0.25) is 4.79 Å². The number of carbonyl (C=O) groups excluding carboxylic acids is 1. The Morgan fingerprint density at radius 2 is 2.20 bits per heavy atom. The van der Waals surface area contributed by atoms with Crippen LogP contribution in [-0.2, 0) is 0 Å². The second-order valence-electron chi connectivity index (χ2n) is 5.85. The van der Waals surface area contributed by atoms with Gasteiger partial charge in [-0.25, -0.2) is 0 Å². The summed E-state index contributed by atoms with van der Waals surface area (Å²) in [6, 6.07) is 7.23. The molecule has 1 aromatic carbocycles. The summed E-state index contributed by atoms with van der Waals surface area (Å²) in [5.74, 6) is 0.632. The standard InChI is InChI=1S/C16H23NO3/c1-12(2)20-14-5-3-4-13(10-14)15(19)17-11-16(6-7-16)8-9-18/h3-5,10,12,18H,6-9,11H2,1-2H3,(H,17,19). The molecule has 110 valence electrons. The molecule has 0 aromatic heterocycles. The van der Waals surface area contributed by atoms with Crippen LogP contribution in [0.25, 0.3) is 0 Å². The van der Waals surface area contributed by atoms with Crippen molar-refractivity contribution in [3.63, 3.8) is 0 Å². The number of ether oxygens (including phenoxy) is 1. The van der Waals surface area contributed by atoms with E-state index in [2.05, 4.69) is 5.32 Å². The third kappa shape index (κ3) is 3.97. The summed E-state index contributed by atoms with van der Waals surface area (Å²) in [5, 5.41) is 12.0. The zero-order valence-electron chi connectivity index (χ0n) is 12.2. The van der Waals surface area contributed by atoms with Crippen LogP contribution in [0.2, 0.25) is 0 Å². The summed E-state index contributed by atoms with van der Waals surface area (Å²) in [6.45, 7) is 4.74. The lowest BCUT2D eigenvalue weighted by Gasteiger charge is -2.15. The topological polar surface area (TPSA) is 58.6 Å². The van der Waals surface area contributed by atoms with Gasteiger partial charge in [0.05, 0.1) is 6.10 Å². The van der Waals surface area contributed by atoms with E-state index in [1.807, 2.05) is 26.0 Å². The van der Waals surface area contributed by atoms with Crippen LogP contribution in [-0.4, -0.2) is 30.3 Å². The minimum Gasteiger partial charge on any atom is -0.491 e. The van der Waals surface area contributed by atoms with Crippen LogP contribution in [0, 0.1) is 5.41 Å². The number of amides is 1. The van der Waals surface area contributed by atoms with Crippen LogP contribution in [0.4, 0.5) is 0 Å². The SMILES string of the molecule is CC(C)Oc1cccc(C(=O)NCC2(CCO)CC2)c1. The Morgan fingerprint density at radius 3 is 2.80 bits per heavy atom. The molecule has 0 heterocycles. The molecule has 0 bridgehead atoms. The van der Waals surface area contributed by atoms with Crippen molar-refractivity contribution in [3.8, 4) is 5.75 Å². The van der Waals surface area contributed by atoms with Gasteiger partial charge in [0.2, 0.25) is 0 Å². The molecule has 1 saturated carbocycles. The van der Waals surface area contributed by atoms with Crippen LogP contribution in [0.5, 0.6) is 5.75 Å². The van der Waals surface area contributed by atoms with Crippen LogP contribution in [0.3, 0.4) is 0 Å². The van der Waals surface area contributed by atoms with Crippen LogP contribution < -0.4 is 10.1 Å². The first-order valence-corrected chi connectivity index (χ1v) is 7.20. The van der Waals surface area contributed by atoms with Gasteiger partial charge in [0.25, 0.3) is 5.91 Å². The van der Waals surface area contributed by atoms with E-state index in [1.54, 1.807) is 12.1 Å². The molecule has 4 heteroatoms. The van der Waals surface area contributed by atoms with Crippen LogP contribution in [0.15, 0.2) is 24.3 Å². The second-order valence-corrected chi connectivity index (χ2v) is 5.85. The van der Waals surface area contributed by atoms with E-state index in [0.717, 1.165) is 19.3 Å². The van der Waals surface area contributed by atoms with Crippen LogP contribution in [0.1, 0.15) is 43.5 Å². The van der Waals surface area contributed by atoms with E-state index in [-0.39, 0.29) is 24.0 Å². The molecule has 1 fully saturated rings. The summed E-state index contributed by atoms with van der Waals surface area (Å²) >= 11 is 0. The molecule has 1 aliphatic rings. The van der Waals surface area contributed by atoms with Gasteiger partial charge in [0.15, 0.2) is 0 Å². The lowest BCUT2D eigenvalue weighted by Crippen LogP contribution is -2.30. The molecule has 20 heavy (non-hydrogen) atoms. The second kappa shape index (κ2) is 6.27. The van der Waals surface area contributed by atoms with E-state index in [1.165, 1.54) is 0 Å². The van der Waals surface area contributed by atoms with E-state index in [4.69, 9.17) is 9.84 Å². The Bertz CT molecular complexity index is 467. The molecule has 1 aliphatic carbocycles. The summed E-state index contributed by atoms with van der Waals surface area (Å²) < 4.78 is 5.59. The smallest absolute Gasteiger partial charge is 0.251 e. The van der Waals surface area contributed by atoms with Crippen molar-refractivity contribution in [1.29, 1.82) is 0 Å². The van der Waals surface area contributed by atoms with Gasteiger partial charge >= 0.3 is 0 Å². The highest BCUT2D eigenvalue weighted by molar-refractivity contribution is 5.94. The summed E-state index contributed by atoms with van der Waals surface area (Å²) in [4.78, 5) is 12.1. The van der Waals surface area contributed by atoms with Gasteiger partial charge in [-0.15, -0.1) is 0 Å². The molecular weight excluding hydrogens is 254 g/mol. The van der Waals surface area contributed by atoms with E-state index >= 15 is 0 Å². The largest absolute Gasteiger partial charge is 0.491 e. The minimum absolute atomic E-state index is 0.0802. The maximum atomic E-state index is 12.1. The Kier molecular flexibility index (Phi) is 4.65. The van der Waals surface area contributed by atoms with Gasteiger partial charge in [-0.2, -0.15) is 0 Å². The van der Waals surface area contributed by atoms with Gasteiger partial charge < -0.3 is 15.2 Å².